The second-order valence-electron chi connectivity index (χ2n) is 7.36. The normalized spacial score (nSPS) is 11.9. The maximum Gasteiger partial charge on any atom is 0.313 e. The smallest absolute Gasteiger partial charge is 0.313 e. The Bertz CT molecular complexity index is 1030. The molecule has 0 aliphatic carbocycles. The number of amides is 2. The molecule has 0 fully saturated rings. The van der Waals surface area contributed by atoms with Crippen molar-refractivity contribution in [2.45, 2.75) is 33.3 Å². The number of benzene rings is 3. The number of aliphatic hydroxyl groups is 1. The van der Waals surface area contributed by atoms with Crippen molar-refractivity contribution in [2.24, 2.45) is 0 Å². The molecule has 0 radical (unpaired) electrons. The van der Waals surface area contributed by atoms with E-state index in [9.17, 15) is 14.7 Å². The third-order valence-corrected chi connectivity index (χ3v) is 5.01. The summed E-state index contributed by atoms with van der Waals surface area (Å²) >= 11 is 0. The zero-order valence-corrected chi connectivity index (χ0v) is 17.0. The van der Waals surface area contributed by atoms with Crippen LogP contribution in [-0.2, 0) is 9.59 Å². The fourth-order valence-electron chi connectivity index (χ4n) is 3.65. The lowest BCUT2D eigenvalue weighted by Crippen LogP contribution is -2.36. The highest BCUT2D eigenvalue weighted by atomic mass is 16.3. The first kappa shape index (κ1) is 20.6. The minimum Gasteiger partial charge on any atom is -0.388 e. The van der Waals surface area contributed by atoms with Gasteiger partial charge in [0, 0.05) is 12.2 Å². The molecular weight excluding hydrogens is 364 g/mol. The van der Waals surface area contributed by atoms with Gasteiger partial charge < -0.3 is 15.7 Å². The largest absolute Gasteiger partial charge is 0.388 e. The van der Waals surface area contributed by atoms with E-state index in [4.69, 9.17) is 0 Å². The second-order valence-corrected chi connectivity index (χ2v) is 7.36. The molecule has 150 valence electrons. The fourth-order valence-corrected chi connectivity index (χ4v) is 3.65. The first-order valence-corrected chi connectivity index (χ1v) is 9.69. The molecule has 3 aromatic carbocycles. The summed E-state index contributed by atoms with van der Waals surface area (Å²) < 4.78 is 0. The van der Waals surface area contributed by atoms with Gasteiger partial charge in [0.25, 0.3) is 0 Å². The van der Waals surface area contributed by atoms with Gasteiger partial charge in [-0.25, -0.2) is 0 Å². The van der Waals surface area contributed by atoms with Crippen LogP contribution in [0.4, 0.5) is 5.69 Å². The van der Waals surface area contributed by atoms with E-state index in [1.807, 2.05) is 75.4 Å². The summed E-state index contributed by atoms with van der Waals surface area (Å²) in [6.45, 7) is 5.98. The molecule has 3 rings (SSSR count). The highest BCUT2D eigenvalue weighted by Gasteiger charge is 2.17. The van der Waals surface area contributed by atoms with Crippen LogP contribution in [0.15, 0.2) is 54.6 Å². The topological polar surface area (TPSA) is 78.4 Å². The van der Waals surface area contributed by atoms with E-state index in [-0.39, 0.29) is 6.54 Å². The SMILES string of the molecule is Cc1cc(C)c(NC(=O)C(=O)NCCC(O)c2cccc3ccccc23)c(C)c1. The minimum atomic E-state index is -0.731. The molecular formula is C24H26N2O3. The Morgan fingerprint density at radius 1 is 0.931 bits per heavy atom. The van der Waals surface area contributed by atoms with Gasteiger partial charge in [0.2, 0.25) is 0 Å². The summed E-state index contributed by atoms with van der Waals surface area (Å²) in [5, 5.41) is 17.9. The minimum absolute atomic E-state index is 0.197. The van der Waals surface area contributed by atoms with E-state index in [0.29, 0.717) is 12.1 Å². The summed E-state index contributed by atoms with van der Waals surface area (Å²) in [6, 6.07) is 17.5. The van der Waals surface area contributed by atoms with Gasteiger partial charge in [-0.05, 0) is 54.7 Å². The van der Waals surface area contributed by atoms with Gasteiger partial charge in [-0.15, -0.1) is 0 Å². The van der Waals surface area contributed by atoms with Crippen molar-refractivity contribution in [1.29, 1.82) is 0 Å². The van der Waals surface area contributed by atoms with Gasteiger partial charge in [-0.1, -0.05) is 60.2 Å². The van der Waals surface area contributed by atoms with Crippen LogP contribution in [0, 0.1) is 20.8 Å². The van der Waals surface area contributed by atoms with E-state index in [1.165, 1.54) is 0 Å². The quantitative estimate of drug-likeness (QED) is 0.578. The van der Waals surface area contributed by atoms with E-state index >= 15 is 0 Å². The zero-order chi connectivity index (χ0) is 21.0. The Hall–Kier alpha value is -3.18. The summed E-state index contributed by atoms with van der Waals surface area (Å²) in [7, 11) is 0. The van der Waals surface area contributed by atoms with Gasteiger partial charge in [0.15, 0.2) is 0 Å². The standard InChI is InChI=1S/C24H26N2O3/c1-15-13-16(2)22(17(3)14-15)26-24(29)23(28)25-12-11-21(27)20-10-6-8-18-7-4-5-9-19(18)20/h4-10,13-14,21,27H,11-12H2,1-3H3,(H,25,28)(H,26,29). The van der Waals surface area contributed by atoms with Crippen LogP contribution in [0.2, 0.25) is 0 Å². The molecule has 1 atom stereocenters. The number of rotatable bonds is 5. The molecule has 3 aromatic rings. The number of carbonyl (C=O) groups excluding carboxylic acids is 2. The van der Waals surface area contributed by atoms with Crippen LogP contribution in [0.5, 0.6) is 0 Å². The van der Waals surface area contributed by atoms with Gasteiger partial charge in [0.05, 0.1) is 6.10 Å². The molecule has 0 aliphatic rings. The number of fused-ring (bicyclic) bond motifs is 1. The molecule has 0 spiro atoms. The first-order chi connectivity index (χ1) is 13.9. The Morgan fingerprint density at radius 3 is 2.31 bits per heavy atom. The summed E-state index contributed by atoms with van der Waals surface area (Å²) in [6.07, 6.45) is -0.415. The van der Waals surface area contributed by atoms with Gasteiger partial charge in [0.1, 0.15) is 0 Å². The molecule has 0 saturated carbocycles. The van der Waals surface area contributed by atoms with E-state index in [1.54, 1.807) is 0 Å². The summed E-state index contributed by atoms with van der Waals surface area (Å²) in [5.41, 5.74) is 4.40. The number of hydrogen-bond acceptors (Lipinski definition) is 3. The number of anilines is 1. The second kappa shape index (κ2) is 8.88. The monoisotopic (exact) mass is 390 g/mol. The molecule has 29 heavy (non-hydrogen) atoms. The molecule has 3 N–H and O–H groups in total. The summed E-state index contributed by atoms with van der Waals surface area (Å²) in [5.74, 6) is -1.42. The number of carbonyl (C=O) groups is 2. The Morgan fingerprint density at radius 2 is 1.59 bits per heavy atom. The molecule has 0 bridgehead atoms. The van der Waals surface area contributed by atoms with Crippen molar-refractivity contribution < 1.29 is 14.7 Å². The van der Waals surface area contributed by atoms with Crippen LogP contribution in [0.3, 0.4) is 0 Å². The molecule has 2 amide bonds. The average molecular weight is 390 g/mol. The van der Waals surface area contributed by atoms with Crippen molar-refractivity contribution in [3.8, 4) is 0 Å². The van der Waals surface area contributed by atoms with Crippen LogP contribution in [0.1, 0.15) is 34.8 Å². The van der Waals surface area contributed by atoms with Crippen molar-refractivity contribution >= 4 is 28.3 Å². The van der Waals surface area contributed by atoms with Gasteiger partial charge >= 0.3 is 11.8 Å². The van der Waals surface area contributed by atoms with Crippen LogP contribution in [0.25, 0.3) is 10.8 Å². The first-order valence-electron chi connectivity index (χ1n) is 9.69. The third-order valence-electron chi connectivity index (χ3n) is 5.01. The lowest BCUT2D eigenvalue weighted by atomic mass is 9.99. The molecule has 1 unspecified atom stereocenters. The fraction of sp³-hybridized carbons (Fsp3) is 0.250. The predicted octanol–water partition coefficient (Wildman–Crippen LogP) is 3.94. The van der Waals surface area contributed by atoms with Gasteiger partial charge in [-0.3, -0.25) is 9.59 Å². The van der Waals surface area contributed by atoms with E-state index in [2.05, 4.69) is 10.6 Å². The number of aliphatic hydroxyl groups excluding tert-OH is 1. The van der Waals surface area contributed by atoms with Crippen LogP contribution >= 0.6 is 0 Å². The van der Waals surface area contributed by atoms with E-state index in [0.717, 1.165) is 33.0 Å². The predicted molar refractivity (Wildman–Crippen MR) is 116 cm³/mol. The molecule has 0 heterocycles. The van der Waals surface area contributed by atoms with Crippen molar-refractivity contribution in [3.05, 3.63) is 76.9 Å². The highest BCUT2D eigenvalue weighted by Crippen LogP contribution is 2.26. The van der Waals surface area contributed by atoms with Crippen LogP contribution < -0.4 is 10.6 Å². The van der Waals surface area contributed by atoms with Crippen molar-refractivity contribution in [2.75, 3.05) is 11.9 Å². The summed E-state index contributed by atoms with van der Waals surface area (Å²) in [4.78, 5) is 24.4. The average Bonchev–Trinajstić information content (AvgIpc) is 2.69. The van der Waals surface area contributed by atoms with E-state index < -0.39 is 17.9 Å². The number of aryl methyl sites for hydroxylation is 3. The number of hydrogen-bond donors (Lipinski definition) is 3. The zero-order valence-electron chi connectivity index (χ0n) is 17.0. The van der Waals surface area contributed by atoms with Crippen LogP contribution in [-0.4, -0.2) is 23.5 Å². The molecule has 0 aliphatic heterocycles. The number of nitrogens with one attached hydrogen (secondary N) is 2. The molecule has 0 saturated heterocycles. The highest BCUT2D eigenvalue weighted by molar-refractivity contribution is 6.39. The molecule has 0 aromatic heterocycles. The van der Waals surface area contributed by atoms with Crippen molar-refractivity contribution in [1.82, 2.24) is 5.32 Å². The lowest BCUT2D eigenvalue weighted by molar-refractivity contribution is -0.136. The maximum absolute atomic E-state index is 12.2. The third kappa shape index (κ3) is 4.81. The molecule has 5 heteroatoms. The van der Waals surface area contributed by atoms with Crippen molar-refractivity contribution in [3.63, 3.8) is 0 Å². The molecule has 5 nitrogen and oxygen atoms in total. The van der Waals surface area contributed by atoms with Gasteiger partial charge in [-0.2, -0.15) is 0 Å². The Kier molecular flexibility index (Phi) is 6.29. The lowest BCUT2D eigenvalue weighted by Gasteiger charge is -2.15. The Balaban J connectivity index is 1.57. The maximum atomic E-state index is 12.2. The Labute approximate surface area is 170 Å².